The zero-order chi connectivity index (χ0) is 22.8. The molecule has 0 spiro atoms. The molecule has 1 unspecified atom stereocenters. The second-order valence-corrected chi connectivity index (χ2v) is 9.57. The van der Waals surface area contributed by atoms with Crippen LogP contribution in [0.1, 0.15) is 49.8 Å². The summed E-state index contributed by atoms with van der Waals surface area (Å²) in [6.07, 6.45) is 6.02. The molecule has 0 aliphatic carbocycles. The average Bonchev–Trinajstić information content (AvgIpc) is 3.28. The van der Waals surface area contributed by atoms with Gasteiger partial charge in [-0.2, -0.15) is 5.10 Å². The molecule has 5 rings (SSSR count). The molecule has 2 aliphatic heterocycles. The molecule has 1 saturated heterocycles. The Labute approximate surface area is 194 Å². The van der Waals surface area contributed by atoms with Crippen LogP contribution in [0, 0.1) is 5.92 Å². The van der Waals surface area contributed by atoms with E-state index in [1.165, 1.54) is 18.4 Å². The Morgan fingerprint density at radius 2 is 1.94 bits per heavy atom. The Bertz CT molecular complexity index is 1190. The first-order chi connectivity index (χ1) is 16.1. The maximum Gasteiger partial charge on any atom is 0.259 e. The first kappa shape index (κ1) is 21.6. The number of H-pyrrole nitrogens is 1. The lowest BCUT2D eigenvalue weighted by Crippen LogP contribution is -2.26. The van der Waals surface area contributed by atoms with Crippen LogP contribution in [-0.4, -0.2) is 47.4 Å². The van der Waals surface area contributed by atoms with Gasteiger partial charge in [-0.1, -0.05) is 26.0 Å². The van der Waals surface area contributed by atoms with Crippen molar-refractivity contribution in [2.45, 2.75) is 38.5 Å². The van der Waals surface area contributed by atoms with E-state index in [2.05, 4.69) is 63.8 Å². The first-order valence-corrected chi connectivity index (χ1v) is 12.0. The molecule has 2 aliphatic rings. The van der Waals surface area contributed by atoms with Gasteiger partial charge in [-0.25, -0.2) is 4.98 Å². The Kier molecular flexibility index (Phi) is 6.13. The van der Waals surface area contributed by atoms with Gasteiger partial charge in [0, 0.05) is 31.2 Å². The summed E-state index contributed by atoms with van der Waals surface area (Å²) in [4.78, 5) is 20.4. The number of fused-ring (bicyclic) bond motifs is 1. The van der Waals surface area contributed by atoms with E-state index in [0.717, 1.165) is 42.9 Å². The molecule has 1 atom stereocenters. The third-order valence-corrected chi connectivity index (χ3v) is 6.53. The maximum absolute atomic E-state index is 12.7. The molecular formula is C26H32N6O. The molecular weight excluding hydrogens is 412 g/mol. The number of nitrogens with zero attached hydrogens (tertiary/aromatic N) is 3. The molecule has 0 bridgehead atoms. The topological polar surface area (TPSA) is 85.4 Å². The van der Waals surface area contributed by atoms with Gasteiger partial charge in [0.2, 0.25) is 0 Å². The molecule has 7 heteroatoms. The minimum atomic E-state index is -0.137. The van der Waals surface area contributed by atoms with Gasteiger partial charge in [-0.3, -0.25) is 9.80 Å². The highest BCUT2D eigenvalue weighted by Gasteiger charge is 2.23. The van der Waals surface area contributed by atoms with Gasteiger partial charge >= 0.3 is 0 Å². The van der Waals surface area contributed by atoms with Crippen LogP contribution in [0.15, 0.2) is 52.5 Å². The number of hydrazone groups is 1. The fraction of sp³-hybridized carbons (Fsp3) is 0.423. The fourth-order valence-corrected chi connectivity index (χ4v) is 4.86. The van der Waals surface area contributed by atoms with Crippen molar-refractivity contribution >= 4 is 28.5 Å². The highest BCUT2D eigenvalue weighted by atomic mass is 16.1. The molecule has 2 aromatic heterocycles. The van der Waals surface area contributed by atoms with E-state index in [1.54, 1.807) is 6.20 Å². The molecule has 0 radical (unpaired) electrons. The largest absolute Gasteiger partial charge is 0.340 e. The number of aromatic nitrogens is 2. The summed E-state index contributed by atoms with van der Waals surface area (Å²) in [5, 5.41) is 15.0. The highest BCUT2D eigenvalue weighted by molar-refractivity contribution is 5.93. The van der Waals surface area contributed by atoms with E-state index in [9.17, 15) is 4.79 Å². The number of piperidine rings is 1. The molecule has 1 aromatic carbocycles. The molecule has 0 amide bonds. The summed E-state index contributed by atoms with van der Waals surface area (Å²) in [6, 6.07) is 12.5. The van der Waals surface area contributed by atoms with Gasteiger partial charge in [-0.05, 0) is 73.0 Å². The van der Waals surface area contributed by atoms with Crippen LogP contribution in [0.25, 0.3) is 10.8 Å². The van der Waals surface area contributed by atoms with E-state index < -0.39 is 0 Å². The maximum atomic E-state index is 12.7. The van der Waals surface area contributed by atoms with E-state index in [-0.39, 0.29) is 11.5 Å². The van der Waals surface area contributed by atoms with Crippen LogP contribution in [0.2, 0.25) is 0 Å². The smallest absolute Gasteiger partial charge is 0.259 e. The van der Waals surface area contributed by atoms with Gasteiger partial charge in [0.15, 0.2) is 0 Å². The summed E-state index contributed by atoms with van der Waals surface area (Å²) in [7, 11) is 0. The average molecular weight is 445 g/mol. The van der Waals surface area contributed by atoms with Crippen LogP contribution in [0.5, 0.6) is 0 Å². The predicted octanol–water partition coefficient (Wildman–Crippen LogP) is 4.17. The number of anilines is 2. The minimum absolute atomic E-state index is 0.107. The quantitative estimate of drug-likeness (QED) is 0.531. The molecule has 33 heavy (non-hydrogen) atoms. The molecule has 0 saturated carbocycles. The third-order valence-electron chi connectivity index (χ3n) is 6.53. The standard InChI is InChI=1S/C26H32N6O/c1-17(2)15-32-16-21(14-29-32)23-13-20-9-12-28-26(33)24(20)25(31-23)30-22-5-3-18(4-6-22)19-7-10-27-11-8-19/h3-6,9,12-14,17,19,21,27H,7-8,10-11,15-16H2,1-2H3,(H,28,33)(H,30,31). The summed E-state index contributed by atoms with van der Waals surface area (Å²) in [6.45, 7) is 8.28. The van der Waals surface area contributed by atoms with Gasteiger partial charge in [0.1, 0.15) is 5.82 Å². The molecule has 4 heterocycles. The number of rotatable bonds is 6. The van der Waals surface area contributed by atoms with Crippen molar-refractivity contribution in [1.82, 2.24) is 20.3 Å². The van der Waals surface area contributed by atoms with Crippen molar-refractivity contribution in [3.8, 4) is 0 Å². The van der Waals surface area contributed by atoms with E-state index in [4.69, 9.17) is 4.98 Å². The lowest BCUT2D eigenvalue weighted by atomic mass is 9.90. The van der Waals surface area contributed by atoms with E-state index >= 15 is 0 Å². The Balaban J connectivity index is 1.43. The normalized spacial score (nSPS) is 19.0. The molecule has 3 N–H and O–H groups in total. The van der Waals surface area contributed by atoms with E-state index in [0.29, 0.717) is 23.0 Å². The molecule has 1 fully saturated rings. The van der Waals surface area contributed by atoms with Crippen molar-refractivity contribution in [3.05, 3.63) is 64.2 Å². The Morgan fingerprint density at radius 3 is 2.70 bits per heavy atom. The van der Waals surface area contributed by atoms with Crippen molar-refractivity contribution in [2.75, 3.05) is 31.5 Å². The monoisotopic (exact) mass is 444 g/mol. The summed E-state index contributed by atoms with van der Waals surface area (Å²) >= 11 is 0. The molecule has 3 aromatic rings. The van der Waals surface area contributed by atoms with Gasteiger partial charge < -0.3 is 15.6 Å². The van der Waals surface area contributed by atoms with Gasteiger partial charge in [0.05, 0.1) is 17.0 Å². The van der Waals surface area contributed by atoms with Crippen molar-refractivity contribution in [2.24, 2.45) is 11.0 Å². The summed E-state index contributed by atoms with van der Waals surface area (Å²) < 4.78 is 0. The SMILES string of the molecule is CC(C)CN1CC(c2cc3cc[nH]c(=O)c3c(Nc3ccc(C4CCNCC4)cc3)n2)C=N1. The second-order valence-electron chi connectivity index (χ2n) is 9.57. The number of nitrogens with one attached hydrogen (secondary N) is 3. The summed E-state index contributed by atoms with van der Waals surface area (Å²) in [5.41, 5.74) is 3.10. The lowest BCUT2D eigenvalue weighted by Gasteiger charge is -2.23. The third kappa shape index (κ3) is 4.78. The van der Waals surface area contributed by atoms with Crippen LogP contribution in [-0.2, 0) is 0 Å². The number of aromatic amines is 1. The molecule has 172 valence electrons. The number of hydrogen-bond donors (Lipinski definition) is 3. The molecule has 7 nitrogen and oxygen atoms in total. The number of benzene rings is 1. The van der Waals surface area contributed by atoms with Crippen molar-refractivity contribution in [1.29, 1.82) is 0 Å². The van der Waals surface area contributed by atoms with Gasteiger partial charge in [-0.15, -0.1) is 0 Å². The van der Waals surface area contributed by atoms with Crippen LogP contribution < -0.4 is 16.2 Å². The van der Waals surface area contributed by atoms with Crippen LogP contribution in [0.4, 0.5) is 11.5 Å². The highest BCUT2D eigenvalue weighted by Crippen LogP contribution is 2.30. The predicted molar refractivity (Wildman–Crippen MR) is 135 cm³/mol. The zero-order valence-electron chi connectivity index (χ0n) is 19.3. The van der Waals surface area contributed by atoms with Crippen LogP contribution >= 0.6 is 0 Å². The van der Waals surface area contributed by atoms with E-state index in [1.807, 2.05) is 18.3 Å². The number of hydrogen-bond acceptors (Lipinski definition) is 6. The van der Waals surface area contributed by atoms with Crippen molar-refractivity contribution < 1.29 is 0 Å². The van der Waals surface area contributed by atoms with Crippen LogP contribution in [0.3, 0.4) is 0 Å². The first-order valence-electron chi connectivity index (χ1n) is 12.0. The lowest BCUT2D eigenvalue weighted by molar-refractivity contribution is 0.273. The number of pyridine rings is 2. The summed E-state index contributed by atoms with van der Waals surface area (Å²) in [5.74, 6) is 1.86. The second kappa shape index (κ2) is 9.35. The Hall–Kier alpha value is -3.19. The van der Waals surface area contributed by atoms with Gasteiger partial charge in [0.25, 0.3) is 5.56 Å². The fourth-order valence-electron chi connectivity index (χ4n) is 4.86. The Morgan fingerprint density at radius 1 is 1.15 bits per heavy atom. The zero-order valence-corrected chi connectivity index (χ0v) is 19.3. The minimum Gasteiger partial charge on any atom is -0.340 e. The van der Waals surface area contributed by atoms with Crippen molar-refractivity contribution in [3.63, 3.8) is 0 Å².